The van der Waals surface area contributed by atoms with E-state index in [0.717, 1.165) is 0 Å². The van der Waals surface area contributed by atoms with Gasteiger partial charge in [-0.05, 0) is 43.9 Å². The average Bonchev–Trinajstić information content (AvgIpc) is 3.22. The predicted octanol–water partition coefficient (Wildman–Crippen LogP) is 3.03. The smallest absolute Gasteiger partial charge is 0.308 e. The highest BCUT2D eigenvalue weighted by atomic mass is 16.5. The molecule has 1 aliphatic carbocycles. The van der Waals surface area contributed by atoms with Gasteiger partial charge in [0.15, 0.2) is 0 Å². The summed E-state index contributed by atoms with van der Waals surface area (Å²) in [4.78, 5) is 39.9. The van der Waals surface area contributed by atoms with E-state index in [9.17, 15) is 14.4 Å². The minimum atomic E-state index is -0.419. The Bertz CT molecular complexity index is 772. The molecule has 0 spiro atoms. The lowest BCUT2D eigenvalue weighted by molar-refractivity contribution is -0.132. The molecule has 3 rings (SSSR count). The molecule has 0 bridgehead atoms. The van der Waals surface area contributed by atoms with Gasteiger partial charge < -0.3 is 14.5 Å². The van der Waals surface area contributed by atoms with Gasteiger partial charge in [0.1, 0.15) is 5.75 Å². The van der Waals surface area contributed by atoms with Crippen molar-refractivity contribution in [2.24, 2.45) is 5.92 Å². The molecule has 2 aliphatic rings. The summed E-state index contributed by atoms with van der Waals surface area (Å²) in [5.41, 5.74) is 1.67. The zero-order valence-corrected chi connectivity index (χ0v) is 16.6. The lowest BCUT2D eigenvalue weighted by atomic mass is 9.98. The highest BCUT2D eigenvalue weighted by Gasteiger charge is 2.25. The number of allylic oxidation sites excluding steroid dienone is 1. The molecule has 1 aliphatic heterocycles. The van der Waals surface area contributed by atoms with Gasteiger partial charge in [0.05, 0.1) is 0 Å². The zero-order chi connectivity index (χ0) is 20.1. The Balaban J connectivity index is 1.56. The van der Waals surface area contributed by atoms with E-state index in [1.165, 1.54) is 38.2 Å². The number of piperazine rings is 1. The molecule has 6 heteroatoms. The molecule has 6 nitrogen and oxygen atoms in total. The third-order valence-corrected chi connectivity index (χ3v) is 5.57. The molecule has 28 heavy (non-hydrogen) atoms. The number of nitrogens with zero attached hydrogens (tertiary/aromatic N) is 2. The Labute approximate surface area is 166 Å². The van der Waals surface area contributed by atoms with Gasteiger partial charge in [0, 0.05) is 44.7 Å². The Morgan fingerprint density at radius 1 is 1.00 bits per heavy atom. The van der Waals surface area contributed by atoms with Crippen LogP contribution in [0.15, 0.2) is 35.9 Å². The first-order chi connectivity index (χ1) is 13.4. The number of rotatable bonds is 4. The van der Waals surface area contributed by atoms with Crippen LogP contribution in [0.3, 0.4) is 0 Å². The number of ether oxygens (including phenoxy) is 1. The second kappa shape index (κ2) is 9.04. The van der Waals surface area contributed by atoms with E-state index in [2.05, 4.69) is 6.92 Å². The summed E-state index contributed by atoms with van der Waals surface area (Å²) in [6.45, 7) is 5.44. The van der Waals surface area contributed by atoms with Gasteiger partial charge in [0.25, 0.3) is 5.91 Å². The molecule has 2 fully saturated rings. The summed E-state index contributed by atoms with van der Waals surface area (Å²) in [5.74, 6) is 0.431. The van der Waals surface area contributed by atoms with Crippen LogP contribution in [0, 0.1) is 5.92 Å². The first-order valence-electron chi connectivity index (χ1n) is 9.99. The molecule has 1 aromatic rings. The van der Waals surface area contributed by atoms with Crippen molar-refractivity contribution in [2.45, 2.75) is 39.5 Å². The first-order valence-corrected chi connectivity index (χ1v) is 9.99. The van der Waals surface area contributed by atoms with Gasteiger partial charge in [-0.3, -0.25) is 14.4 Å². The molecule has 2 amide bonds. The maximum atomic E-state index is 12.7. The summed E-state index contributed by atoms with van der Waals surface area (Å²) >= 11 is 0. The Kier molecular flexibility index (Phi) is 6.49. The van der Waals surface area contributed by atoms with Crippen LogP contribution < -0.4 is 4.74 Å². The molecular formula is C22H28N2O4. The van der Waals surface area contributed by atoms with E-state index in [-0.39, 0.29) is 11.8 Å². The molecule has 150 valence electrons. The maximum Gasteiger partial charge on any atom is 0.308 e. The number of amides is 2. The minimum absolute atomic E-state index is 0.0494. The van der Waals surface area contributed by atoms with Crippen molar-refractivity contribution in [3.63, 3.8) is 0 Å². The fourth-order valence-corrected chi connectivity index (χ4v) is 3.96. The van der Waals surface area contributed by atoms with Gasteiger partial charge in [-0.2, -0.15) is 0 Å². The largest absolute Gasteiger partial charge is 0.427 e. The lowest BCUT2D eigenvalue weighted by Crippen LogP contribution is -2.50. The van der Waals surface area contributed by atoms with E-state index >= 15 is 0 Å². The Morgan fingerprint density at radius 2 is 1.64 bits per heavy atom. The van der Waals surface area contributed by atoms with E-state index < -0.39 is 5.97 Å². The van der Waals surface area contributed by atoms with Crippen LogP contribution in [0.1, 0.15) is 49.9 Å². The lowest BCUT2D eigenvalue weighted by Gasteiger charge is -2.34. The van der Waals surface area contributed by atoms with E-state index in [1.54, 1.807) is 35.2 Å². The molecule has 1 heterocycles. The number of esters is 1. The van der Waals surface area contributed by atoms with Crippen LogP contribution in [0.2, 0.25) is 0 Å². The molecule has 0 unspecified atom stereocenters. The fourth-order valence-electron chi connectivity index (χ4n) is 3.96. The van der Waals surface area contributed by atoms with Crippen molar-refractivity contribution < 1.29 is 19.1 Å². The maximum absolute atomic E-state index is 12.7. The fraction of sp³-hybridized carbons (Fsp3) is 0.500. The monoisotopic (exact) mass is 384 g/mol. The number of hydrogen-bond donors (Lipinski definition) is 0. The molecular weight excluding hydrogens is 356 g/mol. The van der Waals surface area contributed by atoms with Crippen LogP contribution in [-0.2, 0) is 9.59 Å². The summed E-state index contributed by atoms with van der Waals surface area (Å²) in [6, 6.07) is 6.63. The van der Waals surface area contributed by atoms with E-state index in [0.29, 0.717) is 43.4 Å². The van der Waals surface area contributed by atoms with E-state index in [1.807, 2.05) is 4.90 Å². The topological polar surface area (TPSA) is 66.9 Å². The number of carbonyl (C=O) groups excluding carboxylic acids is 3. The van der Waals surface area contributed by atoms with Crippen molar-refractivity contribution >= 4 is 17.8 Å². The van der Waals surface area contributed by atoms with E-state index in [4.69, 9.17) is 4.74 Å². The average molecular weight is 384 g/mol. The third kappa shape index (κ3) is 5.00. The summed E-state index contributed by atoms with van der Waals surface area (Å²) in [5, 5.41) is 0. The van der Waals surface area contributed by atoms with Crippen molar-refractivity contribution in [1.82, 2.24) is 9.80 Å². The van der Waals surface area contributed by atoms with Gasteiger partial charge >= 0.3 is 5.97 Å². The Hall–Kier alpha value is -2.63. The summed E-state index contributed by atoms with van der Waals surface area (Å²) < 4.78 is 5.05. The summed E-state index contributed by atoms with van der Waals surface area (Å²) in [7, 11) is 0. The number of benzene rings is 1. The quantitative estimate of drug-likeness (QED) is 0.455. The second-order valence-electron chi connectivity index (χ2n) is 7.61. The first kappa shape index (κ1) is 20.1. The minimum Gasteiger partial charge on any atom is -0.427 e. The third-order valence-electron chi connectivity index (χ3n) is 5.57. The molecule has 1 saturated heterocycles. The van der Waals surface area contributed by atoms with Gasteiger partial charge in [-0.15, -0.1) is 0 Å². The SMILES string of the molecule is CC(=O)Oc1cccc(C(=O)N2CCN(C(=O)/C=C(\C)C3CCCC3)CC2)c1. The van der Waals surface area contributed by atoms with Crippen LogP contribution in [-0.4, -0.2) is 53.8 Å². The summed E-state index contributed by atoms with van der Waals surface area (Å²) in [6.07, 6.45) is 6.66. The van der Waals surface area contributed by atoms with Crippen LogP contribution in [0.5, 0.6) is 5.75 Å². The second-order valence-corrected chi connectivity index (χ2v) is 7.61. The molecule has 0 N–H and O–H groups in total. The zero-order valence-electron chi connectivity index (χ0n) is 16.6. The highest BCUT2D eigenvalue weighted by molar-refractivity contribution is 5.95. The number of carbonyl (C=O) groups is 3. The van der Waals surface area contributed by atoms with Crippen LogP contribution in [0.25, 0.3) is 0 Å². The molecule has 0 radical (unpaired) electrons. The van der Waals surface area contributed by atoms with Gasteiger partial charge in [-0.1, -0.05) is 24.5 Å². The molecule has 1 aromatic carbocycles. The van der Waals surface area contributed by atoms with Gasteiger partial charge in [-0.25, -0.2) is 0 Å². The molecule has 1 saturated carbocycles. The van der Waals surface area contributed by atoms with Crippen LogP contribution in [0.4, 0.5) is 0 Å². The normalized spacial score (nSPS) is 18.3. The van der Waals surface area contributed by atoms with Crippen molar-refractivity contribution in [3.8, 4) is 5.75 Å². The highest BCUT2D eigenvalue weighted by Crippen LogP contribution is 2.30. The van der Waals surface area contributed by atoms with Crippen molar-refractivity contribution in [3.05, 3.63) is 41.5 Å². The van der Waals surface area contributed by atoms with Gasteiger partial charge in [0.2, 0.25) is 5.91 Å². The molecule has 0 aromatic heterocycles. The van der Waals surface area contributed by atoms with Crippen LogP contribution >= 0.6 is 0 Å². The standard InChI is InChI=1S/C22H28N2O4/c1-16(18-6-3-4-7-18)14-21(26)23-10-12-24(13-11-23)22(27)19-8-5-9-20(15-19)28-17(2)25/h5,8-9,14-15,18H,3-4,6-7,10-13H2,1-2H3/b16-14+. The Morgan fingerprint density at radius 3 is 2.29 bits per heavy atom. The van der Waals surface area contributed by atoms with Crippen molar-refractivity contribution in [1.29, 1.82) is 0 Å². The van der Waals surface area contributed by atoms with Crippen molar-refractivity contribution in [2.75, 3.05) is 26.2 Å². The molecule has 0 atom stereocenters. The number of hydrogen-bond acceptors (Lipinski definition) is 4. The predicted molar refractivity (Wildman–Crippen MR) is 106 cm³/mol.